The van der Waals surface area contributed by atoms with Crippen LogP contribution >= 0.6 is 7.82 Å². The van der Waals surface area contributed by atoms with Crippen LogP contribution in [0.4, 0.5) is 0 Å². The molecule has 0 N–H and O–H groups in total. The van der Waals surface area contributed by atoms with Gasteiger partial charge < -0.3 is 27.9 Å². The number of unbranched alkanes of at least 4 members (excludes halogenated alkanes) is 19. The summed E-state index contributed by atoms with van der Waals surface area (Å²) in [4.78, 5) is 24.9. The third-order valence-corrected chi connectivity index (χ3v) is 9.91. The topological polar surface area (TPSA) is 94.1 Å². The van der Waals surface area contributed by atoms with Crippen molar-refractivity contribution in [3.8, 4) is 0 Å². The first-order valence-electron chi connectivity index (χ1n) is 21.2. The van der Waals surface area contributed by atoms with Gasteiger partial charge in [-0.25, -0.2) is 0 Å². The molecule has 306 valence electrons. The van der Waals surface area contributed by atoms with Crippen molar-refractivity contribution < 1.29 is 37.3 Å². The molecule has 0 aromatic heterocycles. The van der Waals surface area contributed by atoms with Gasteiger partial charge in [-0.3, -0.25) is 9.36 Å². The number of carbonyl (C=O) groups excluding carboxylic acids is 1. The molecule has 52 heavy (non-hydrogen) atoms. The molecule has 0 radical (unpaired) electrons. The first kappa shape index (κ1) is 50.7. The Kier molecular flexibility index (Phi) is 35.8. The third-order valence-electron chi connectivity index (χ3n) is 8.94. The van der Waals surface area contributed by atoms with E-state index in [9.17, 15) is 14.3 Å². The number of esters is 1. The van der Waals surface area contributed by atoms with Gasteiger partial charge >= 0.3 is 5.97 Å². The summed E-state index contributed by atoms with van der Waals surface area (Å²) in [6.45, 7) is 5.35. The lowest BCUT2D eigenvalue weighted by Gasteiger charge is -2.28. The van der Waals surface area contributed by atoms with Crippen LogP contribution < -0.4 is 4.89 Å². The minimum atomic E-state index is -4.51. The molecule has 8 nitrogen and oxygen atoms in total. The number of phosphoric ester groups is 1. The number of likely N-dealkylation sites (N-methyl/N-ethyl adjacent to an activating group) is 1. The zero-order chi connectivity index (χ0) is 38.4. The SMILES string of the molecule is CCCCCCC/C=C\C/C=C\C/C=C\CCCCCCCCCCC(=O)OC(COCCCCCCCCC)COP(=O)([O-])OCC[N+](C)(C)C. The average molecular weight is 756 g/mol. The highest BCUT2D eigenvalue weighted by molar-refractivity contribution is 7.45. The first-order chi connectivity index (χ1) is 25.1. The maximum atomic E-state index is 12.6. The van der Waals surface area contributed by atoms with Crippen LogP contribution in [-0.4, -0.2) is 70.7 Å². The second-order valence-electron chi connectivity index (χ2n) is 15.4. The van der Waals surface area contributed by atoms with E-state index in [0.717, 1.165) is 51.4 Å². The van der Waals surface area contributed by atoms with Gasteiger partial charge in [-0.1, -0.05) is 153 Å². The highest BCUT2D eigenvalue weighted by Crippen LogP contribution is 2.38. The Balaban J connectivity index is 4.10. The molecule has 0 amide bonds. The summed E-state index contributed by atoms with van der Waals surface area (Å²) < 4.78 is 34.4. The van der Waals surface area contributed by atoms with Crippen LogP contribution in [0, 0.1) is 0 Å². The summed E-state index contributed by atoms with van der Waals surface area (Å²) in [7, 11) is 1.35. The van der Waals surface area contributed by atoms with Crippen molar-refractivity contribution in [2.75, 3.05) is 54.1 Å². The van der Waals surface area contributed by atoms with E-state index >= 15 is 0 Å². The number of hydrogen-bond donors (Lipinski definition) is 0. The lowest BCUT2D eigenvalue weighted by molar-refractivity contribution is -0.870. The largest absolute Gasteiger partial charge is 0.756 e. The predicted octanol–water partition coefficient (Wildman–Crippen LogP) is 11.6. The van der Waals surface area contributed by atoms with Crippen molar-refractivity contribution in [1.82, 2.24) is 0 Å². The van der Waals surface area contributed by atoms with Crippen molar-refractivity contribution in [3.05, 3.63) is 36.5 Å². The molecule has 2 atom stereocenters. The molecule has 2 unspecified atom stereocenters. The number of carbonyl (C=O) groups is 1. The Labute approximate surface area is 321 Å². The van der Waals surface area contributed by atoms with E-state index in [2.05, 4.69) is 50.3 Å². The minimum Gasteiger partial charge on any atom is -0.756 e. The van der Waals surface area contributed by atoms with Crippen LogP contribution in [-0.2, 0) is 27.9 Å². The van der Waals surface area contributed by atoms with Crippen molar-refractivity contribution in [1.29, 1.82) is 0 Å². The van der Waals surface area contributed by atoms with E-state index in [4.69, 9.17) is 18.5 Å². The van der Waals surface area contributed by atoms with Crippen molar-refractivity contribution in [2.24, 2.45) is 0 Å². The van der Waals surface area contributed by atoms with Crippen LogP contribution in [0.15, 0.2) is 36.5 Å². The number of allylic oxidation sites excluding steroid dienone is 6. The molecule has 0 aliphatic carbocycles. The number of hydrogen-bond acceptors (Lipinski definition) is 7. The van der Waals surface area contributed by atoms with E-state index in [1.807, 2.05) is 21.1 Å². The van der Waals surface area contributed by atoms with E-state index in [1.54, 1.807) is 0 Å². The van der Waals surface area contributed by atoms with Crippen molar-refractivity contribution in [3.63, 3.8) is 0 Å². The maximum Gasteiger partial charge on any atom is 0.306 e. The first-order valence-corrected chi connectivity index (χ1v) is 22.7. The smallest absolute Gasteiger partial charge is 0.306 e. The molecule has 0 fully saturated rings. The molecule has 0 aromatic carbocycles. The summed E-state index contributed by atoms with van der Waals surface area (Å²) in [5.74, 6) is -0.344. The second kappa shape index (κ2) is 36.7. The predicted molar refractivity (Wildman–Crippen MR) is 217 cm³/mol. The summed E-state index contributed by atoms with van der Waals surface area (Å²) >= 11 is 0. The Bertz CT molecular complexity index is 931. The summed E-state index contributed by atoms with van der Waals surface area (Å²) in [5.41, 5.74) is 0. The van der Waals surface area contributed by atoms with Gasteiger partial charge in [0.1, 0.15) is 19.3 Å². The van der Waals surface area contributed by atoms with E-state index in [-0.39, 0.29) is 25.8 Å². The molecular weight excluding hydrogens is 673 g/mol. The van der Waals surface area contributed by atoms with Crippen LogP contribution in [0.3, 0.4) is 0 Å². The molecule has 0 rings (SSSR count). The molecule has 0 saturated carbocycles. The van der Waals surface area contributed by atoms with Crippen LogP contribution in [0.2, 0.25) is 0 Å². The van der Waals surface area contributed by atoms with Gasteiger partial charge in [0.15, 0.2) is 0 Å². The lowest BCUT2D eigenvalue weighted by Crippen LogP contribution is -2.37. The molecule has 0 saturated heterocycles. The summed E-state index contributed by atoms with van der Waals surface area (Å²) in [5, 5.41) is 0. The minimum absolute atomic E-state index is 0.0246. The highest BCUT2D eigenvalue weighted by Gasteiger charge is 2.20. The summed E-state index contributed by atoms with van der Waals surface area (Å²) in [6.07, 6.45) is 41.7. The molecule has 0 aliphatic heterocycles. The van der Waals surface area contributed by atoms with Gasteiger partial charge in [0.2, 0.25) is 0 Å². The maximum absolute atomic E-state index is 12.6. The second-order valence-corrected chi connectivity index (χ2v) is 16.8. The number of phosphoric acid groups is 1. The molecule has 0 spiro atoms. The standard InChI is InChI=1S/C43H82NO7P/c1-6-8-10-12-14-15-16-17-18-19-20-21-22-23-24-25-26-27-28-29-30-32-34-36-43(45)51-42(40-48-38-35-33-31-13-11-9-7-2)41-50-52(46,47)49-39-37-44(3,4)5/h16-17,19-20,22-23,42H,6-15,18,21,24-41H2,1-5H3/b17-16-,20-19-,23-22-. The van der Waals surface area contributed by atoms with E-state index in [0.29, 0.717) is 24.1 Å². The van der Waals surface area contributed by atoms with Crippen molar-refractivity contribution in [2.45, 2.75) is 180 Å². The van der Waals surface area contributed by atoms with Gasteiger partial charge in [0.05, 0.1) is 34.4 Å². The Morgan fingerprint density at radius 2 is 1.06 bits per heavy atom. The number of rotatable bonds is 39. The Hall–Kier alpha value is -1.28. The fourth-order valence-electron chi connectivity index (χ4n) is 5.61. The molecule has 0 heterocycles. The molecule has 0 aromatic rings. The zero-order valence-electron chi connectivity index (χ0n) is 34.5. The van der Waals surface area contributed by atoms with Gasteiger partial charge in [0.25, 0.3) is 7.82 Å². The highest BCUT2D eigenvalue weighted by atomic mass is 31.2. The molecule has 9 heteroatoms. The number of quaternary nitrogens is 1. The third kappa shape index (κ3) is 39.9. The van der Waals surface area contributed by atoms with Gasteiger partial charge in [0, 0.05) is 13.0 Å². The fraction of sp³-hybridized carbons (Fsp3) is 0.837. The van der Waals surface area contributed by atoms with Gasteiger partial charge in [-0.05, 0) is 51.4 Å². The molecular formula is C43H82NO7P. The van der Waals surface area contributed by atoms with Crippen molar-refractivity contribution >= 4 is 13.8 Å². The lowest BCUT2D eigenvalue weighted by atomic mass is 10.1. The Morgan fingerprint density at radius 3 is 1.58 bits per heavy atom. The van der Waals surface area contributed by atoms with E-state index in [1.165, 1.54) is 103 Å². The van der Waals surface area contributed by atoms with Gasteiger partial charge in [-0.2, -0.15) is 0 Å². The van der Waals surface area contributed by atoms with Crippen LogP contribution in [0.25, 0.3) is 0 Å². The Morgan fingerprint density at radius 1 is 0.596 bits per heavy atom. The molecule has 0 bridgehead atoms. The van der Waals surface area contributed by atoms with Crippen LogP contribution in [0.1, 0.15) is 174 Å². The fourth-order valence-corrected chi connectivity index (χ4v) is 6.34. The molecule has 0 aliphatic rings. The van der Waals surface area contributed by atoms with E-state index < -0.39 is 13.9 Å². The van der Waals surface area contributed by atoms with Crippen LogP contribution in [0.5, 0.6) is 0 Å². The normalized spacial score (nSPS) is 14.2. The number of ether oxygens (including phenoxy) is 2. The quantitative estimate of drug-likeness (QED) is 0.0203. The summed E-state index contributed by atoms with van der Waals surface area (Å²) in [6, 6.07) is 0. The average Bonchev–Trinajstić information content (AvgIpc) is 3.09. The number of nitrogens with zero attached hydrogens (tertiary/aromatic N) is 1. The van der Waals surface area contributed by atoms with Gasteiger partial charge in [-0.15, -0.1) is 0 Å². The monoisotopic (exact) mass is 756 g/mol. The zero-order valence-corrected chi connectivity index (χ0v) is 35.4.